The highest BCUT2D eigenvalue weighted by molar-refractivity contribution is 5.58. The van der Waals surface area contributed by atoms with Crippen LogP contribution in [0.1, 0.15) is 25.8 Å². The van der Waals surface area contributed by atoms with Gasteiger partial charge in [-0.3, -0.25) is 0 Å². The molecule has 0 radical (unpaired) electrons. The van der Waals surface area contributed by atoms with Crippen molar-refractivity contribution in [1.29, 1.82) is 0 Å². The molecule has 6 nitrogen and oxygen atoms in total. The Labute approximate surface area is 125 Å². The van der Waals surface area contributed by atoms with Gasteiger partial charge < -0.3 is 15.4 Å². The van der Waals surface area contributed by atoms with Crippen LogP contribution in [0.15, 0.2) is 24.3 Å². The van der Waals surface area contributed by atoms with Crippen molar-refractivity contribution in [2.24, 2.45) is 0 Å². The maximum atomic E-state index is 5.51. The van der Waals surface area contributed by atoms with Crippen LogP contribution >= 0.6 is 0 Å². The largest absolute Gasteiger partial charge is 0.463 e. The number of hydrogen-bond acceptors (Lipinski definition) is 6. The number of anilines is 3. The summed E-state index contributed by atoms with van der Waals surface area (Å²) in [4.78, 5) is 12.9. The molecule has 0 amide bonds. The molecule has 0 fully saturated rings. The van der Waals surface area contributed by atoms with Gasteiger partial charge in [0, 0.05) is 12.2 Å². The van der Waals surface area contributed by atoms with E-state index in [1.807, 2.05) is 45.0 Å². The highest BCUT2D eigenvalue weighted by Gasteiger charge is 2.08. The molecular formula is C15H21N5O. The van der Waals surface area contributed by atoms with Crippen molar-refractivity contribution in [2.45, 2.75) is 27.2 Å². The molecule has 0 aliphatic carbocycles. The Bertz CT molecular complexity index is 588. The Morgan fingerprint density at radius 3 is 2.52 bits per heavy atom. The molecule has 0 aliphatic rings. The lowest BCUT2D eigenvalue weighted by molar-refractivity contribution is 0.292. The minimum absolute atomic E-state index is 0.332. The average Bonchev–Trinajstić information content (AvgIpc) is 2.48. The van der Waals surface area contributed by atoms with E-state index in [0.29, 0.717) is 24.5 Å². The summed E-state index contributed by atoms with van der Waals surface area (Å²) in [5, 5.41) is 6.29. The normalized spacial score (nSPS) is 10.2. The lowest BCUT2D eigenvalue weighted by atomic mass is 10.2. The molecular weight excluding hydrogens is 266 g/mol. The van der Waals surface area contributed by atoms with Crippen LogP contribution < -0.4 is 15.4 Å². The summed E-state index contributed by atoms with van der Waals surface area (Å²) >= 11 is 0. The van der Waals surface area contributed by atoms with E-state index in [4.69, 9.17) is 4.74 Å². The monoisotopic (exact) mass is 287 g/mol. The first-order valence-electron chi connectivity index (χ1n) is 7.18. The number of nitrogens with zero attached hydrogens (tertiary/aromatic N) is 3. The summed E-state index contributed by atoms with van der Waals surface area (Å²) < 4.78 is 5.51. The lowest BCUT2D eigenvalue weighted by Gasteiger charge is -2.11. The van der Waals surface area contributed by atoms with Gasteiger partial charge in [0.2, 0.25) is 11.9 Å². The third kappa shape index (κ3) is 4.30. The fraction of sp³-hybridized carbons (Fsp3) is 0.400. The maximum absolute atomic E-state index is 5.51. The van der Waals surface area contributed by atoms with E-state index in [-0.39, 0.29) is 0 Å². The molecule has 0 spiro atoms. The fourth-order valence-corrected chi connectivity index (χ4v) is 1.74. The number of rotatable bonds is 7. The molecule has 0 saturated carbocycles. The van der Waals surface area contributed by atoms with Crippen LogP contribution in [0.4, 0.5) is 17.6 Å². The zero-order valence-electron chi connectivity index (χ0n) is 12.7. The van der Waals surface area contributed by atoms with Gasteiger partial charge in [0.25, 0.3) is 0 Å². The van der Waals surface area contributed by atoms with E-state index in [1.54, 1.807) is 0 Å². The molecule has 0 bridgehead atoms. The molecule has 1 heterocycles. The summed E-state index contributed by atoms with van der Waals surface area (Å²) in [6, 6.07) is 8.31. The summed E-state index contributed by atoms with van der Waals surface area (Å²) in [5.74, 6) is 0.982. The number of para-hydroxylation sites is 1. The predicted molar refractivity (Wildman–Crippen MR) is 84.2 cm³/mol. The number of aromatic nitrogens is 3. The van der Waals surface area contributed by atoms with Crippen LogP contribution in [0.5, 0.6) is 6.01 Å². The van der Waals surface area contributed by atoms with E-state index in [1.165, 1.54) is 0 Å². The Morgan fingerprint density at radius 2 is 1.81 bits per heavy atom. The molecule has 1 aromatic carbocycles. The molecule has 0 atom stereocenters. The first kappa shape index (κ1) is 15.0. The van der Waals surface area contributed by atoms with E-state index >= 15 is 0 Å². The Hall–Kier alpha value is -2.37. The Balaban J connectivity index is 2.24. The van der Waals surface area contributed by atoms with Gasteiger partial charge in [-0.2, -0.15) is 15.0 Å². The molecule has 0 saturated heterocycles. The third-order valence-electron chi connectivity index (χ3n) is 2.78. The average molecular weight is 287 g/mol. The lowest BCUT2D eigenvalue weighted by Crippen LogP contribution is -2.09. The van der Waals surface area contributed by atoms with Gasteiger partial charge in [-0.05, 0) is 31.9 Å². The molecule has 2 N–H and O–H groups in total. The second-order valence-electron chi connectivity index (χ2n) is 4.58. The van der Waals surface area contributed by atoms with Crippen molar-refractivity contribution in [3.8, 4) is 6.01 Å². The second-order valence-corrected chi connectivity index (χ2v) is 4.58. The van der Waals surface area contributed by atoms with Crippen molar-refractivity contribution in [3.05, 3.63) is 29.8 Å². The quantitative estimate of drug-likeness (QED) is 0.815. The zero-order chi connectivity index (χ0) is 15.1. The summed E-state index contributed by atoms with van der Waals surface area (Å²) in [6.45, 7) is 7.38. The topological polar surface area (TPSA) is 72.0 Å². The van der Waals surface area contributed by atoms with Crippen molar-refractivity contribution in [2.75, 3.05) is 23.8 Å². The highest BCUT2D eigenvalue weighted by atomic mass is 16.5. The molecule has 112 valence electrons. The van der Waals surface area contributed by atoms with Crippen molar-refractivity contribution in [1.82, 2.24) is 15.0 Å². The van der Waals surface area contributed by atoms with Crippen LogP contribution in [0, 0.1) is 6.92 Å². The van der Waals surface area contributed by atoms with Gasteiger partial charge in [-0.15, -0.1) is 0 Å². The van der Waals surface area contributed by atoms with Crippen LogP contribution in [0.25, 0.3) is 0 Å². The van der Waals surface area contributed by atoms with Gasteiger partial charge in [-0.1, -0.05) is 25.1 Å². The number of ether oxygens (including phenoxy) is 1. The van der Waals surface area contributed by atoms with Gasteiger partial charge in [0.05, 0.1) is 6.61 Å². The molecule has 0 aliphatic heterocycles. The number of hydrogen-bond donors (Lipinski definition) is 2. The highest BCUT2D eigenvalue weighted by Crippen LogP contribution is 2.19. The van der Waals surface area contributed by atoms with Crippen LogP contribution in [0.2, 0.25) is 0 Å². The summed E-state index contributed by atoms with van der Waals surface area (Å²) in [6.07, 6.45) is 0.906. The SMILES string of the molecule is CCCOc1nc(NCC)nc(Nc2ccccc2C)n1. The predicted octanol–water partition coefficient (Wildman–Crippen LogP) is 3.14. The van der Waals surface area contributed by atoms with E-state index in [2.05, 4.69) is 25.6 Å². The number of aryl methyl sites for hydroxylation is 1. The van der Waals surface area contributed by atoms with Crippen LogP contribution in [-0.4, -0.2) is 28.1 Å². The Morgan fingerprint density at radius 1 is 1.05 bits per heavy atom. The first-order valence-corrected chi connectivity index (χ1v) is 7.18. The van der Waals surface area contributed by atoms with Gasteiger partial charge >= 0.3 is 6.01 Å². The minimum atomic E-state index is 0.332. The second kappa shape index (κ2) is 7.42. The van der Waals surface area contributed by atoms with Crippen LogP contribution in [-0.2, 0) is 0 Å². The summed E-state index contributed by atoms with van der Waals surface area (Å²) in [5.41, 5.74) is 2.09. The summed E-state index contributed by atoms with van der Waals surface area (Å²) in [7, 11) is 0. The van der Waals surface area contributed by atoms with Crippen molar-refractivity contribution >= 4 is 17.6 Å². The Kier molecular flexibility index (Phi) is 5.31. The van der Waals surface area contributed by atoms with E-state index < -0.39 is 0 Å². The van der Waals surface area contributed by atoms with Gasteiger partial charge in [0.15, 0.2) is 0 Å². The fourth-order valence-electron chi connectivity index (χ4n) is 1.74. The molecule has 21 heavy (non-hydrogen) atoms. The smallest absolute Gasteiger partial charge is 0.323 e. The number of benzene rings is 1. The van der Waals surface area contributed by atoms with E-state index in [9.17, 15) is 0 Å². The molecule has 2 aromatic rings. The molecule has 1 aromatic heterocycles. The minimum Gasteiger partial charge on any atom is -0.463 e. The molecule has 6 heteroatoms. The molecule has 0 unspecified atom stereocenters. The zero-order valence-corrected chi connectivity index (χ0v) is 12.7. The first-order chi connectivity index (χ1) is 10.2. The van der Waals surface area contributed by atoms with Crippen molar-refractivity contribution in [3.63, 3.8) is 0 Å². The van der Waals surface area contributed by atoms with Crippen molar-refractivity contribution < 1.29 is 4.74 Å². The third-order valence-corrected chi connectivity index (χ3v) is 2.78. The van der Waals surface area contributed by atoms with E-state index in [0.717, 1.165) is 24.2 Å². The maximum Gasteiger partial charge on any atom is 0.323 e. The van der Waals surface area contributed by atoms with Crippen LogP contribution in [0.3, 0.4) is 0 Å². The number of nitrogens with one attached hydrogen (secondary N) is 2. The molecule has 2 rings (SSSR count). The standard InChI is InChI=1S/C15H21N5O/c1-4-10-21-15-19-13(16-5-2)18-14(20-15)17-12-9-7-6-8-11(12)3/h6-9H,4-5,10H2,1-3H3,(H2,16,17,18,19,20). The van der Waals surface area contributed by atoms with Gasteiger partial charge in [0.1, 0.15) is 0 Å². The van der Waals surface area contributed by atoms with Gasteiger partial charge in [-0.25, -0.2) is 0 Å².